The smallest absolute Gasteiger partial charge is 0.338 e. The van der Waals surface area contributed by atoms with Gasteiger partial charge >= 0.3 is 5.97 Å². The summed E-state index contributed by atoms with van der Waals surface area (Å²) in [5, 5.41) is 5.84. The number of carbonyl (C=O) groups is 2. The fourth-order valence-corrected chi connectivity index (χ4v) is 5.56. The number of ether oxygens (including phenoxy) is 1. The first-order valence-corrected chi connectivity index (χ1v) is 12.7. The van der Waals surface area contributed by atoms with E-state index in [1.807, 2.05) is 61.4 Å². The number of thioether (sulfide) groups is 1. The molecular formula is C28H31N3O3S. The second-order valence-electron chi connectivity index (χ2n) is 8.84. The Morgan fingerprint density at radius 3 is 2.57 bits per heavy atom. The van der Waals surface area contributed by atoms with Gasteiger partial charge < -0.3 is 15.0 Å². The van der Waals surface area contributed by atoms with Gasteiger partial charge in [0.25, 0.3) is 0 Å². The Morgan fingerprint density at radius 1 is 1.17 bits per heavy atom. The summed E-state index contributed by atoms with van der Waals surface area (Å²) < 4.78 is 5.21. The van der Waals surface area contributed by atoms with E-state index in [9.17, 15) is 9.59 Å². The topological polar surface area (TPSA) is 71.0 Å². The molecule has 0 bridgehead atoms. The Hall–Kier alpha value is -3.32. The van der Waals surface area contributed by atoms with Gasteiger partial charge in [0.2, 0.25) is 5.91 Å². The number of carbonyl (C=O) groups excluding carboxylic acids is 2. The van der Waals surface area contributed by atoms with Gasteiger partial charge in [-0.25, -0.2) is 9.79 Å². The summed E-state index contributed by atoms with van der Waals surface area (Å²) in [6.07, 6.45) is 0.786. The predicted molar refractivity (Wildman–Crippen MR) is 141 cm³/mol. The van der Waals surface area contributed by atoms with Crippen LogP contribution in [-0.4, -0.2) is 29.1 Å². The van der Waals surface area contributed by atoms with Crippen LogP contribution < -0.4 is 5.32 Å². The number of esters is 1. The molecule has 2 aliphatic rings. The second-order valence-corrected chi connectivity index (χ2v) is 9.67. The molecule has 35 heavy (non-hydrogen) atoms. The maximum atomic E-state index is 13.1. The van der Waals surface area contributed by atoms with Crippen molar-refractivity contribution in [1.82, 2.24) is 10.2 Å². The first kappa shape index (κ1) is 24.8. The molecule has 0 radical (unpaired) electrons. The van der Waals surface area contributed by atoms with Crippen LogP contribution in [0.5, 0.6) is 0 Å². The van der Waals surface area contributed by atoms with E-state index in [-0.39, 0.29) is 18.4 Å². The van der Waals surface area contributed by atoms with Gasteiger partial charge in [-0.3, -0.25) is 4.79 Å². The molecule has 6 nitrogen and oxygen atoms in total. The lowest BCUT2D eigenvalue weighted by Gasteiger charge is -2.37. The maximum Gasteiger partial charge on any atom is 0.338 e. The Bertz CT molecular complexity index is 1230. The molecular weight excluding hydrogens is 458 g/mol. The van der Waals surface area contributed by atoms with Crippen LogP contribution in [0.25, 0.3) is 0 Å². The molecule has 1 amide bonds. The first-order chi connectivity index (χ1) is 16.8. The molecule has 2 atom stereocenters. The molecule has 2 heterocycles. The number of hydrogen-bond acceptors (Lipinski definition) is 6. The molecule has 0 fully saturated rings. The van der Waals surface area contributed by atoms with E-state index < -0.39 is 12.0 Å². The molecule has 0 aromatic heterocycles. The average molecular weight is 490 g/mol. The monoisotopic (exact) mass is 489 g/mol. The van der Waals surface area contributed by atoms with Crippen LogP contribution in [0.1, 0.15) is 61.0 Å². The lowest BCUT2D eigenvalue weighted by atomic mass is 9.89. The SMILES string of the molecule is CCC1=C(C(=O)OC)[C@H](c2ccc(C)cc2C)N2C(CC(=O)N[C@@H](C)c3ccccc3)=CSC2=N1. The van der Waals surface area contributed by atoms with E-state index >= 15 is 0 Å². The fraction of sp³-hybridized carbons (Fsp3) is 0.321. The number of nitrogens with zero attached hydrogens (tertiary/aromatic N) is 2. The van der Waals surface area contributed by atoms with Crippen LogP contribution in [-0.2, 0) is 14.3 Å². The van der Waals surface area contributed by atoms with E-state index in [2.05, 4.69) is 30.4 Å². The van der Waals surface area contributed by atoms with E-state index in [0.29, 0.717) is 12.0 Å². The van der Waals surface area contributed by atoms with Crippen LogP contribution in [0, 0.1) is 13.8 Å². The molecule has 0 unspecified atom stereocenters. The predicted octanol–water partition coefficient (Wildman–Crippen LogP) is 5.71. The van der Waals surface area contributed by atoms with Gasteiger partial charge in [-0.2, -0.15) is 0 Å². The average Bonchev–Trinajstić information content (AvgIpc) is 3.25. The number of nitrogens with one attached hydrogen (secondary N) is 1. The van der Waals surface area contributed by atoms with E-state index in [1.165, 1.54) is 18.9 Å². The lowest BCUT2D eigenvalue weighted by molar-refractivity contribution is -0.136. The zero-order chi connectivity index (χ0) is 25.1. The molecule has 0 spiro atoms. The maximum absolute atomic E-state index is 13.1. The molecule has 2 aromatic rings. The number of allylic oxidation sites excluding steroid dienone is 1. The van der Waals surface area contributed by atoms with Gasteiger partial charge in [-0.1, -0.05) is 72.8 Å². The zero-order valence-electron chi connectivity index (χ0n) is 20.8. The molecule has 2 aromatic carbocycles. The highest BCUT2D eigenvalue weighted by molar-refractivity contribution is 8.16. The van der Waals surface area contributed by atoms with Gasteiger partial charge in [0.15, 0.2) is 5.17 Å². The Morgan fingerprint density at radius 2 is 1.91 bits per heavy atom. The highest BCUT2D eigenvalue weighted by Gasteiger charge is 2.42. The van der Waals surface area contributed by atoms with Crippen molar-refractivity contribution in [3.05, 3.63) is 93.2 Å². The Balaban J connectivity index is 1.68. The van der Waals surface area contributed by atoms with Crippen LogP contribution >= 0.6 is 11.8 Å². The van der Waals surface area contributed by atoms with E-state index in [4.69, 9.17) is 9.73 Å². The van der Waals surface area contributed by atoms with E-state index in [1.54, 1.807) is 0 Å². The number of benzene rings is 2. The number of methoxy groups -OCH3 is 1. The van der Waals surface area contributed by atoms with Crippen molar-refractivity contribution < 1.29 is 14.3 Å². The third-order valence-electron chi connectivity index (χ3n) is 6.37. The highest BCUT2D eigenvalue weighted by Crippen LogP contribution is 2.46. The normalized spacial score (nSPS) is 18.0. The first-order valence-electron chi connectivity index (χ1n) is 11.8. The fourth-order valence-electron chi connectivity index (χ4n) is 4.62. The van der Waals surface area contributed by atoms with Gasteiger partial charge in [0, 0.05) is 5.70 Å². The van der Waals surface area contributed by atoms with Crippen molar-refractivity contribution in [3.8, 4) is 0 Å². The van der Waals surface area contributed by atoms with Gasteiger partial charge in [-0.05, 0) is 49.3 Å². The van der Waals surface area contributed by atoms with E-state index in [0.717, 1.165) is 38.8 Å². The minimum absolute atomic E-state index is 0.0845. The largest absolute Gasteiger partial charge is 0.466 e. The standard InChI is InChI=1S/C28H31N3O3S/c1-6-23-25(27(33)34-5)26(22-13-12-17(2)14-18(22)3)31-21(16-35-28(31)30-23)15-24(32)29-19(4)20-10-8-7-9-11-20/h7-14,16,19,26H,6,15H2,1-5H3,(H,29,32)/t19-,26-/m0/s1. The number of rotatable bonds is 7. The quantitative estimate of drug-likeness (QED) is 0.505. The number of aliphatic imine (C=N–C) groups is 1. The van der Waals surface area contributed by atoms with Crippen molar-refractivity contribution >= 4 is 28.8 Å². The summed E-state index contributed by atoms with van der Waals surface area (Å²) in [4.78, 5) is 32.9. The number of amides is 1. The summed E-state index contributed by atoms with van der Waals surface area (Å²) in [5.74, 6) is -0.480. The van der Waals surface area contributed by atoms with Crippen molar-refractivity contribution in [2.24, 2.45) is 4.99 Å². The Labute approximate surface area is 211 Å². The van der Waals surface area contributed by atoms with Crippen LogP contribution in [0.4, 0.5) is 0 Å². The van der Waals surface area contributed by atoms with Crippen LogP contribution in [0.15, 0.2) is 75.9 Å². The number of aryl methyl sites for hydroxylation is 2. The second kappa shape index (κ2) is 10.5. The van der Waals surface area contributed by atoms with Gasteiger partial charge in [0.05, 0.1) is 36.9 Å². The summed E-state index contributed by atoms with van der Waals surface area (Å²) in [5.41, 5.74) is 6.33. The minimum Gasteiger partial charge on any atom is -0.466 e. The summed E-state index contributed by atoms with van der Waals surface area (Å²) in [7, 11) is 1.40. The van der Waals surface area contributed by atoms with Gasteiger partial charge in [0.1, 0.15) is 0 Å². The van der Waals surface area contributed by atoms with Gasteiger partial charge in [-0.15, -0.1) is 0 Å². The minimum atomic E-state index is -0.411. The van der Waals surface area contributed by atoms with Crippen molar-refractivity contribution in [1.29, 1.82) is 0 Å². The molecule has 4 rings (SSSR count). The number of fused-ring (bicyclic) bond motifs is 1. The molecule has 2 aliphatic heterocycles. The Kier molecular flexibility index (Phi) is 7.45. The summed E-state index contributed by atoms with van der Waals surface area (Å²) >= 11 is 1.49. The molecule has 0 saturated carbocycles. The summed E-state index contributed by atoms with van der Waals surface area (Å²) in [6.45, 7) is 8.07. The van der Waals surface area contributed by atoms with Crippen molar-refractivity contribution in [2.75, 3.05) is 7.11 Å². The van der Waals surface area contributed by atoms with Crippen LogP contribution in [0.3, 0.4) is 0 Å². The van der Waals surface area contributed by atoms with Crippen molar-refractivity contribution in [3.63, 3.8) is 0 Å². The molecule has 0 aliphatic carbocycles. The van der Waals surface area contributed by atoms with Crippen LogP contribution in [0.2, 0.25) is 0 Å². The third kappa shape index (κ3) is 5.05. The zero-order valence-corrected chi connectivity index (χ0v) is 21.6. The van der Waals surface area contributed by atoms with Crippen molar-refractivity contribution in [2.45, 2.75) is 52.6 Å². The lowest BCUT2D eigenvalue weighted by Crippen LogP contribution is -2.38. The molecule has 1 N–H and O–H groups in total. The molecule has 7 heteroatoms. The highest BCUT2D eigenvalue weighted by atomic mass is 32.2. The molecule has 0 saturated heterocycles. The number of amidine groups is 1. The third-order valence-corrected chi connectivity index (χ3v) is 7.26. The summed E-state index contributed by atoms with van der Waals surface area (Å²) in [6, 6.07) is 15.6. The molecule has 182 valence electrons. The number of hydrogen-bond donors (Lipinski definition) is 1.